The van der Waals surface area contributed by atoms with Crippen molar-refractivity contribution in [3.8, 4) is 0 Å². The molecule has 0 unspecified atom stereocenters. The predicted octanol–water partition coefficient (Wildman–Crippen LogP) is 5.29. The third-order valence-electron chi connectivity index (χ3n) is 7.70. The van der Waals surface area contributed by atoms with Crippen LogP contribution in [0, 0.1) is 5.92 Å². The Hall–Kier alpha value is -3.46. The molecule has 0 aromatic heterocycles. The van der Waals surface area contributed by atoms with Gasteiger partial charge in [-0.15, -0.1) is 0 Å². The van der Waals surface area contributed by atoms with Crippen molar-refractivity contribution in [2.24, 2.45) is 5.92 Å². The van der Waals surface area contributed by atoms with Gasteiger partial charge >= 0.3 is 0 Å². The van der Waals surface area contributed by atoms with Crippen molar-refractivity contribution in [3.05, 3.63) is 89.5 Å². The summed E-state index contributed by atoms with van der Waals surface area (Å²) in [5, 5.41) is 6.41. The average molecular weight is 543 g/mol. The molecule has 6 rings (SSSR count). The van der Waals surface area contributed by atoms with Crippen molar-refractivity contribution in [3.63, 3.8) is 0 Å². The highest BCUT2D eigenvalue weighted by atomic mass is 32.2. The van der Waals surface area contributed by atoms with Crippen molar-refractivity contribution < 1.29 is 13.2 Å². The van der Waals surface area contributed by atoms with Crippen LogP contribution in [0.2, 0.25) is 0 Å². The highest BCUT2D eigenvalue weighted by Crippen LogP contribution is 2.39. The highest BCUT2D eigenvalue weighted by molar-refractivity contribution is 7.89. The second kappa shape index (κ2) is 11.0. The molecule has 7 nitrogen and oxygen atoms in total. The molecule has 3 aromatic carbocycles. The maximum atomic E-state index is 13.3. The van der Waals surface area contributed by atoms with Gasteiger partial charge in [0.15, 0.2) is 0 Å². The first kappa shape index (κ1) is 25.8. The fourth-order valence-corrected chi connectivity index (χ4v) is 6.43. The number of benzene rings is 3. The number of anilines is 2. The zero-order chi connectivity index (χ0) is 26.8. The van der Waals surface area contributed by atoms with Crippen molar-refractivity contribution >= 4 is 38.6 Å². The van der Waals surface area contributed by atoms with E-state index in [0.29, 0.717) is 35.0 Å². The summed E-state index contributed by atoms with van der Waals surface area (Å²) < 4.78 is 28.7. The molecule has 1 aliphatic carbocycles. The lowest BCUT2D eigenvalue weighted by Crippen LogP contribution is -2.29. The van der Waals surface area contributed by atoms with E-state index >= 15 is 0 Å². The first-order valence-electron chi connectivity index (χ1n) is 13.8. The Morgan fingerprint density at radius 1 is 0.923 bits per heavy atom. The number of carbonyl (C=O) groups is 1. The van der Waals surface area contributed by atoms with Crippen LogP contribution < -0.4 is 15.4 Å². The van der Waals surface area contributed by atoms with Gasteiger partial charge in [0.1, 0.15) is 0 Å². The molecule has 1 saturated carbocycles. The predicted molar refractivity (Wildman–Crippen MR) is 155 cm³/mol. The van der Waals surface area contributed by atoms with Gasteiger partial charge in [0.05, 0.1) is 16.2 Å². The number of rotatable bonds is 9. The Morgan fingerprint density at radius 2 is 1.67 bits per heavy atom. The minimum absolute atomic E-state index is 0.158. The number of nitrogens with zero attached hydrogens (tertiary/aromatic N) is 1. The van der Waals surface area contributed by atoms with Crippen LogP contribution in [0.5, 0.6) is 0 Å². The van der Waals surface area contributed by atoms with Crippen molar-refractivity contribution in [1.29, 1.82) is 0 Å². The molecule has 0 atom stereocenters. The SMILES string of the molecule is O=C1Nc2ccc(S(=O)(=O)NCC3CC3)cc2/C1=C(/Nc1ccc(CN2CCCCC2)cc1)c1ccccc1. The number of hydrogen-bond acceptors (Lipinski definition) is 5. The smallest absolute Gasteiger partial charge is 0.258 e. The lowest BCUT2D eigenvalue weighted by molar-refractivity contribution is -0.110. The molecule has 2 heterocycles. The monoisotopic (exact) mass is 542 g/mol. The summed E-state index contributed by atoms with van der Waals surface area (Å²) in [6.07, 6.45) is 5.96. The van der Waals surface area contributed by atoms with Crippen LogP contribution >= 0.6 is 0 Å². The lowest BCUT2D eigenvalue weighted by Gasteiger charge is -2.26. The molecule has 3 N–H and O–H groups in total. The number of nitrogens with one attached hydrogen (secondary N) is 3. The fraction of sp³-hybridized carbons (Fsp3) is 0.323. The van der Waals surface area contributed by atoms with Gasteiger partial charge in [-0.25, -0.2) is 13.1 Å². The molecule has 2 aliphatic heterocycles. The van der Waals surface area contributed by atoms with Crippen LogP contribution in [-0.2, 0) is 21.4 Å². The van der Waals surface area contributed by atoms with E-state index in [9.17, 15) is 13.2 Å². The van der Waals surface area contributed by atoms with Gasteiger partial charge in [-0.3, -0.25) is 9.69 Å². The van der Waals surface area contributed by atoms with E-state index in [1.165, 1.54) is 24.8 Å². The van der Waals surface area contributed by atoms with Gasteiger partial charge in [0.25, 0.3) is 5.91 Å². The molecular weight excluding hydrogens is 508 g/mol. The first-order chi connectivity index (χ1) is 19.0. The molecule has 0 bridgehead atoms. The molecule has 1 amide bonds. The summed E-state index contributed by atoms with van der Waals surface area (Å²) in [7, 11) is -3.68. The van der Waals surface area contributed by atoms with E-state index in [-0.39, 0.29) is 10.8 Å². The number of amides is 1. The van der Waals surface area contributed by atoms with E-state index < -0.39 is 10.0 Å². The molecule has 3 aromatic rings. The maximum Gasteiger partial charge on any atom is 0.258 e. The first-order valence-corrected chi connectivity index (χ1v) is 15.3. The Labute approximate surface area is 230 Å². The molecule has 2 fully saturated rings. The number of carbonyl (C=O) groups excluding carboxylic acids is 1. The minimum Gasteiger partial charge on any atom is -0.354 e. The molecule has 0 spiro atoms. The van der Waals surface area contributed by atoms with Crippen LogP contribution in [0.25, 0.3) is 11.3 Å². The van der Waals surface area contributed by atoms with Crippen LogP contribution in [0.1, 0.15) is 48.8 Å². The van der Waals surface area contributed by atoms with E-state index in [1.807, 2.05) is 42.5 Å². The van der Waals surface area contributed by atoms with E-state index in [1.54, 1.807) is 18.2 Å². The molecule has 3 aliphatic rings. The summed E-state index contributed by atoms with van der Waals surface area (Å²) >= 11 is 0. The minimum atomic E-state index is -3.68. The maximum absolute atomic E-state index is 13.3. The highest BCUT2D eigenvalue weighted by Gasteiger charge is 2.31. The van der Waals surface area contributed by atoms with Crippen LogP contribution in [0.3, 0.4) is 0 Å². The summed E-state index contributed by atoms with van der Waals surface area (Å²) in [4.78, 5) is 16.0. The second-order valence-corrected chi connectivity index (χ2v) is 12.5. The fourth-order valence-electron chi connectivity index (χ4n) is 5.29. The van der Waals surface area contributed by atoms with Crippen molar-refractivity contribution in [2.45, 2.75) is 43.5 Å². The summed E-state index contributed by atoms with van der Waals surface area (Å²) in [6, 6.07) is 22.8. The number of hydrogen-bond donors (Lipinski definition) is 3. The number of sulfonamides is 1. The zero-order valence-electron chi connectivity index (χ0n) is 21.9. The van der Waals surface area contributed by atoms with E-state index in [0.717, 1.165) is 43.7 Å². The molecular formula is C31H34N4O3S. The number of fused-ring (bicyclic) bond motifs is 1. The number of piperidine rings is 1. The van der Waals surface area contributed by atoms with Gasteiger partial charge in [-0.2, -0.15) is 0 Å². The van der Waals surface area contributed by atoms with Gasteiger partial charge in [0.2, 0.25) is 10.0 Å². The molecule has 1 saturated heterocycles. The third-order valence-corrected chi connectivity index (χ3v) is 9.12. The van der Waals surface area contributed by atoms with E-state index in [2.05, 4.69) is 32.4 Å². The molecule has 202 valence electrons. The van der Waals surface area contributed by atoms with Crippen molar-refractivity contribution in [1.82, 2.24) is 9.62 Å². The Morgan fingerprint density at radius 3 is 2.38 bits per heavy atom. The van der Waals surface area contributed by atoms with Crippen LogP contribution in [-0.4, -0.2) is 38.9 Å². The van der Waals surface area contributed by atoms with Crippen molar-refractivity contribution in [2.75, 3.05) is 30.3 Å². The number of likely N-dealkylation sites (tertiary alicyclic amines) is 1. The zero-order valence-corrected chi connectivity index (χ0v) is 22.8. The normalized spacial score (nSPS) is 18.9. The van der Waals surface area contributed by atoms with Gasteiger partial charge in [0, 0.05) is 30.0 Å². The summed E-state index contributed by atoms with van der Waals surface area (Å²) in [5.41, 5.74) is 5.19. The van der Waals surface area contributed by atoms with Gasteiger partial charge in [-0.1, -0.05) is 48.9 Å². The quantitative estimate of drug-likeness (QED) is 0.320. The summed E-state index contributed by atoms with van der Waals surface area (Å²) in [5.74, 6) is 0.159. The average Bonchev–Trinajstić information content (AvgIpc) is 3.73. The van der Waals surface area contributed by atoms with Gasteiger partial charge < -0.3 is 10.6 Å². The third kappa shape index (κ3) is 5.93. The van der Waals surface area contributed by atoms with E-state index in [4.69, 9.17) is 0 Å². The summed E-state index contributed by atoms with van der Waals surface area (Å²) in [6.45, 7) is 3.68. The second-order valence-electron chi connectivity index (χ2n) is 10.7. The van der Waals surface area contributed by atoms with Gasteiger partial charge in [-0.05, 0) is 86.1 Å². The lowest BCUT2D eigenvalue weighted by atomic mass is 10.00. The Balaban J connectivity index is 1.33. The largest absolute Gasteiger partial charge is 0.354 e. The van der Waals surface area contributed by atoms with Crippen LogP contribution in [0.4, 0.5) is 11.4 Å². The molecule has 39 heavy (non-hydrogen) atoms. The Kier molecular flexibility index (Phi) is 7.25. The molecule has 8 heteroatoms. The molecule has 0 radical (unpaired) electrons. The standard InChI is InChI=1S/C31H34N4O3S/c36-31-29(27-19-26(15-16-28(27)34-31)39(37,38)32-20-22-9-10-22)30(24-7-3-1-4-8-24)33-25-13-11-23(12-14-25)21-35-17-5-2-6-18-35/h1,3-4,7-8,11-16,19,22,32-33H,2,5-6,9-10,17-18,20-21H2,(H,34,36)/b30-29-. The Bertz CT molecular complexity index is 1490. The topological polar surface area (TPSA) is 90.5 Å². The van der Waals surface area contributed by atoms with Crippen LogP contribution in [0.15, 0.2) is 77.7 Å².